The number of nitrogens with two attached hydrogens (primary N) is 1. The van der Waals surface area contributed by atoms with Gasteiger partial charge in [-0.05, 0) is 18.2 Å². The van der Waals surface area contributed by atoms with Crippen LogP contribution < -0.4 is 5.73 Å². The van der Waals surface area contributed by atoms with Crippen LogP contribution in [0.5, 0.6) is 5.88 Å². The number of nitrogen functional groups attached to an aromatic ring is 1. The van der Waals surface area contributed by atoms with Crippen LogP contribution in [0.25, 0.3) is 10.9 Å². The Bertz CT molecular complexity index is 1050. The van der Waals surface area contributed by atoms with Crippen LogP contribution in [0.3, 0.4) is 0 Å². The molecule has 0 aliphatic heterocycles. The van der Waals surface area contributed by atoms with Gasteiger partial charge in [0.2, 0.25) is 5.88 Å². The Morgan fingerprint density at radius 3 is 2.72 bits per heavy atom. The molecule has 11 heteroatoms. The number of carbonyl (C=O) groups is 1. The highest BCUT2D eigenvalue weighted by atomic mass is 79.9. The molecule has 2 heterocycles. The fourth-order valence-corrected chi connectivity index (χ4v) is 3.00. The summed E-state index contributed by atoms with van der Waals surface area (Å²) in [6.45, 7) is 0. The first-order chi connectivity index (χ1) is 11.8. The van der Waals surface area contributed by atoms with E-state index in [1.165, 1.54) is 0 Å². The molecule has 4 N–H and O–H groups in total. The molecule has 0 fully saturated rings. The molecule has 0 bridgehead atoms. The fourth-order valence-electron chi connectivity index (χ4n) is 2.05. The van der Waals surface area contributed by atoms with E-state index in [2.05, 4.69) is 36.1 Å². The number of fused-ring (bicyclic) bond motifs is 1. The van der Waals surface area contributed by atoms with Crippen LogP contribution in [0.4, 0.5) is 11.4 Å². The Hall–Kier alpha value is -1.87. The minimum Gasteiger partial charge on any atom is -0.493 e. The molecule has 0 radical (unpaired) electrons. The van der Waals surface area contributed by atoms with Gasteiger partial charge in [-0.25, -0.2) is 4.98 Å². The lowest BCUT2D eigenvalue weighted by molar-refractivity contribution is 0.0990. The van der Waals surface area contributed by atoms with Gasteiger partial charge in [-0.2, -0.15) is 0 Å². The van der Waals surface area contributed by atoms with Crippen molar-refractivity contribution in [3.63, 3.8) is 0 Å². The Morgan fingerprint density at radius 1 is 1.28 bits per heavy atom. The van der Waals surface area contributed by atoms with Crippen LogP contribution in [-0.4, -0.2) is 21.0 Å². The lowest BCUT2D eigenvalue weighted by atomic mass is 10.2. The number of nitrogens with zero attached hydrogens (tertiary/aromatic N) is 3. The Balaban J connectivity index is 2.02. The van der Waals surface area contributed by atoms with Crippen molar-refractivity contribution in [2.45, 2.75) is 0 Å². The average molecular weight is 464 g/mol. The predicted octanol–water partition coefficient (Wildman–Crippen LogP) is 5.50. The number of anilines is 1. The summed E-state index contributed by atoms with van der Waals surface area (Å²) in [5, 5.41) is 17.4. The normalized spacial score (nSPS) is 11.5. The summed E-state index contributed by atoms with van der Waals surface area (Å²) in [4.78, 5) is 18.7. The number of carbonyl (C=O) groups excluding carboxylic acids is 1. The standard InChI is InChI=1S/C14H7BrCl3N5O2/c15-4-1-2-6-5(3-4)10(13(24)20-6)22-23-14(25)11-7(16)9(19)8(17)12(18)21-11/h1-3,20,24H,(H2,19,21). The maximum Gasteiger partial charge on any atom is 0.315 e. The van der Waals surface area contributed by atoms with E-state index in [4.69, 9.17) is 40.5 Å². The fraction of sp³-hybridized carbons (Fsp3) is 0. The third kappa shape index (κ3) is 3.30. The van der Waals surface area contributed by atoms with Crippen LogP contribution >= 0.6 is 50.7 Å². The Kier molecular flexibility index (Phi) is 4.88. The van der Waals surface area contributed by atoms with Crippen molar-refractivity contribution >= 4 is 78.9 Å². The van der Waals surface area contributed by atoms with Gasteiger partial charge in [0, 0.05) is 9.86 Å². The van der Waals surface area contributed by atoms with E-state index in [9.17, 15) is 9.90 Å². The van der Waals surface area contributed by atoms with E-state index in [0.717, 1.165) is 4.47 Å². The minimum atomic E-state index is -0.890. The molecular formula is C14H7BrCl3N5O2. The molecule has 0 unspecified atom stereocenters. The minimum absolute atomic E-state index is 0.0562. The number of amides is 1. The number of azo groups is 1. The maximum atomic E-state index is 12.2. The summed E-state index contributed by atoms with van der Waals surface area (Å²) >= 11 is 20.9. The van der Waals surface area contributed by atoms with Crippen molar-refractivity contribution in [1.29, 1.82) is 0 Å². The van der Waals surface area contributed by atoms with E-state index in [1.54, 1.807) is 18.2 Å². The average Bonchev–Trinajstić information content (AvgIpc) is 2.88. The van der Waals surface area contributed by atoms with E-state index >= 15 is 0 Å². The molecule has 3 aromatic rings. The summed E-state index contributed by atoms with van der Waals surface area (Å²) < 4.78 is 0.767. The second kappa shape index (κ2) is 6.80. The van der Waals surface area contributed by atoms with E-state index in [1.807, 2.05) is 0 Å². The second-order valence-electron chi connectivity index (χ2n) is 4.81. The van der Waals surface area contributed by atoms with Crippen LogP contribution in [0.15, 0.2) is 32.9 Å². The molecule has 0 saturated heterocycles. The molecule has 25 heavy (non-hydrogen) atoms. The molecule has 0 atom stereocenters. The number of halogens is 4. The number of benzene rings is 1. The number of hydrogen-bond acceptors (Lipinski definition) is 5. The maximum absolute atomic E-state index is 12.2. The highest BCUT2D eigenvalue weighted by Crippen LogP contribution is 2.38. The molecule has 7 nitrogen and oxygen atoms in total. The summed E-state index contributed by atoms with van der Waals surface area (Å²) in [5.74, 6) is -1.13. The second-order valence-corrected chi connectivity index (χ2v) is 6.84. The molecule has 1 aromatic carbocycles. The first-order valence-corrected chi connectivity index (χ1v) is 8.48. The van der Waals surface area contributed by atoms with Gasteiger partial charge in [0.15, 0.2) is 16.5 Å². The SMILES string of the molecule is Nc1c(Cl)c(Cl)nc(C(=O)N=Nc2c(O)[nH]c3ccc(Br)cc23)c1Cl. The van der Waals surface area contributed by atoms with Crippen LogP contribution in [-0.2, 0) is 0 Å². The molecule has 128 valence electrons. The molecule has 0 aliphatic carbocycles. The number of H-pyrrole nitrogens is 1. The van der Waals surface area contributed by atoms with Crippen molar-refractivity contribution in [2.24, 2.45) is 10.2 Å². The highest BCUT2D eigenvalue weighted by molar-refractivity contribution is 9.10. The van der Waals surface area contributed by atoms with E-state index in [-0.39, 0.29) is 38.1 Å². The van der Waals surface area contributed by atoms with Gasteiger partial charge < -0.3 is 15.8 Å². The first-order valence-electron chi connectivity index (χ1n) is 6.55. The lowest BCUT2D eigenvalue weighted by Crippen LogP contribution is -2.03. The summed E-state index contributed by atoms with van der Waals surface area (Å²) in [5.41, 5.74) is 6.00. The van der Waals surface area contributed by atoms with Crippen LogP contribution in [0.2, 0.25) is 15.2 Å². The summed E-state index contributed by atoms with van der Waals surface area (Å²) in [6.07, 6.45) is 0. The summed E-state index contributed by atoms with van der Waals surface area (Å²) in [7, 11) is 0. The lowest BCUT2D eigenvalue weighted by Gasteiger charge is -2.05. The van der Waals surface area contributed by atoms with Gasteiger partial charge >= 0.3 is 5.91 Å². The molecule has 0 saturated carbocycles. The molecule has 0 aliphatic rings. The van der Waals surface area contributed by atoms with Gasteiger partial charge in [0.25, 0.3) is 0 Å². The van der Waals surface area contributed by atoms with Gasteiger partial charge in [0.05, 0.1) is 16.2 Å². The third-order valence-corrected chi connectivity index (χ3v) is 4.86. The molecular weight excluding hydrogens is 456 g/mol. The topological polar surface area (TPSA) is 117 Å². The number of aromatic hydroxyl groups is 1. The van der Waals surface area contributed by atoms with Gasteiger partial charge in [-0.1, -0.05) is 50.7 Å². The van der Waals surface area contributed by atoms with Crippen molar-refractivity contribution < 1.29 is 9.90 Å². The zero-order valence-corrected chi connectivity index (χ0v) is 15.9. The largest absolute Gasteiger partial charge is 0.493 e. The first kappa shape index (κ1) is 17.9. The van der Waals surface area contributed by atoms with Crippen molar-refractivity contribution in [2.75, 3.05) is 5.73 Å². The van der Waals surface area contributed by atoms with Gasteiger partial charge in [0.1, 0.15) is 5.02 Å². The number of aromatic nitrogens is 2. The number of aromatic amines is 1. The zero-order valence-electron chi connectivity index (χ0n) is 12.0. The molecule has 0 spiro atoms. The number of nitrogens with one attached hydrogen (secondary N) is 1. The molecule has 3 rings (SSSR count). The Morgan fingerprint density at radius 2 is 2.00 bits per heavy atom. The quantitative estimate of drug-likeness (QED) is 0.344. The van der Waals surface area contributed by atoms with Crippen LogP contribution in [0, 0.1) is 0 Å². The smallest absolute Gasteiger partial charge is 0.315 e. The molecule has 1 amide bonds. The molecule has 2 aromatic heterocycles. The van der Waals surface area contributed by atoms with Crippen molar-refractivity contribution in [3.8, 4) is 5.88 Å². The van der Waals surface area contributed by atoms with E-state index < -0.39 is 5.91 Å². The van der Waals surface area contributed by atoms with Crippen molar-refractivity contribution in [3.05, 3.63) is 43.6 Å². The van der Waals surface area contributed by atoms with E-state index in [0.29, 0.717) is 10.9 Å². The van der Waals surface area contributed by atoms with Crippen LogP contribution in [0.1, 0.15) is 10.5 Å². The predicted molar refractivity (Wildman–Crippen MR) is 100 cm³/mol. The van der Waals surface area contributed by atoms with Gasteiger partial charge in [-0.3, -0.25) is 4.79 Å². The third-order valence-electron chi connectivity index (χ3n) is 3.23. The zero-order chi connectivity index (χ0) is 18.3. The Labute approximate surface area is 163 Å². The number of rotatable bonds is 2. The number of hydrogen-bond donors (Lipinski definition) is 3. The van der Waals surface area contributed by atoms with Crippen molar-refractivity contribution in [1.82, 2.24) is 9.97 Å². The summed E-state index contributed by atoms with van der Waals surface area (Å²) in [6, 6.07) is 5.23. The number of pyridine rings is 1. The monoisotopic (exact) mass is 461 g/mol. The highest BCUT2D eigenvalue weighted by Gasteiger charge is 2.20. The van der Waals surface area contributed by atoms with Gasteiger partial charge in [-0.15, -0.1) is 10.2 Å².